The molecule has 0 saturated carbocycles. The van der Waals surface area contributed by atoms with Crippen LogP contribution in [0.2, 0.25) is 0 Å². The van der Waals surface area contributed by atoms with Crippen LogP contribution in [0.1, 0.15) is 47.2 Å². The van der Waals surface area contributed by atoms with Crippen molar-refractivity contribution in [2.45, 2.75) is 24.7 Å². The highest BCUT2D eigenvalue weighted by atomic mass is 16.5. The van der Waals surface area contributed by atoms with Gasteiger partial charge in [0, 0.05) is 33.2 Å². The second-order valence-corrected chi connectivity index (χ2v) is 16.3. The lowest BCUT2D eigenvalue weighted by atomic mass is 9.65. The van der Waals surface area contributed by atoms with Crippen LogP contribution in [0.5, 0.6) is 11.5 Å². The van der Waals surface area contributed by atoms with Crippen LogP contribution < -0.4 is 4.74 Å². The molecule has 1 spiro atoms. The van der Waals surface area contributed by atoms with Gasteiger partial charge in [0.15, 0.2) is 17.5 Å². The first-order valence-electron chi connectivity index (χ1n) is 20.3. The number of para-hydroxylation sites is 1. The maximum absolute atomic E-state index is 6.92. The first-order chi connectivity index (χ1) is 29.0. The SMILES string of the molecule is CC1(C)c2ccc(-c3nc(-c4ccccc4)nc(-c4ccc(-c5ccccc5)cc4)n3)cc2-c2cc3c(cc21)Oc1ccccc1C31c2ccccc2-c2ccccc21. The predicted octanol–water partition coefficient (Wildman–Crippen LogP) is 13.3. The molecule has 0 bridgehead atoms. The molecule has 4 heteroatoms. The molecule has 2 aliphatic carbocycles. The van der Waals surface area contributed by atoms with Crippen molar-refractivity contribution in [2.24, 2.45) is 0 Å². The molecule has 0 radical (unpaired) electrons. The van der Waals surface area contributed by atoms with Gasteiger partial charge >= 0.3 is 0 Å². The molecule has 2 heterocycles. The smallest absolute Gasteiger partial charge is 0.164 e. The standard InChI is InChI=1S/C55H37N3O/c1-54(2)43-30-29-38(53-57-51(36-17-7-4-8-18-36)56-52(58-53)37-27-25-35(26-28-37)34-15-5-3-6-16-34)31-41(43)42-32-48-50(33-47(42)54)59-49-24-14-13-23-46(49)55(48)44-21-11-9-19-39(44)40-20-10-12-22-45(40)55/h3-33H,1-2H3. The third kappa shape index (κ3) is 4.87. The summed E-state index contributed by atoms with van der Waals surface area (Å²) in [7, 11) is 0. The lowest BCUT2D eigenvalue weighted by Gasteiger charge is -2.40. The minimum Gasteiger partial charge on any atom is -0.457 e. The summed E-state index contributed by atoms with van der Waals surface area (Å²) in [5.41, 5.74) is 16.7. The molecule has 59 heavy (non-hydrogen) atoms. The normalized spacial score (nSPS) is 14.3. The Morgan fingerprint density at radius 3 is 1.46 bits per heavy atom. The fourth-order valence-electron chi connectivity index (χ4n) is 10.0. The van der Waals surface area contributed by atoms with Crippen molar-refractivity contribution in [1.82, 2.24) is 15.0 Å². The Kier molecular flexibility index (Phi) is 7.16. The third-order valence-electron chi connectivity index (χ3n) is 12.8. The minimum atomic E-state index is -0.541. The molecule has 0 fully saturated rings. The van der Waals surface area contributed by atoms with Gasteiger partial charge < -0.3 is 4.74 Å². The van der Waals surface area contributed by atoms with Crippen molar-refractivity contribution >= 4 is 0 Å². The molecular formula is C55H37N3O. The van der Waals surface area contributed by atoms with Crippen molar-refractivity contribution < 1.29 is 4.74 Å². The average Bonchev–Trinajstić information content (AvgIpc) is 3.71. The van der Waals surface area contributed by atoms with E-state index < -0.39 is 5.41 Å². The number of ether oxygens (including phenoxy) is 1. The van der Waals surface area contributed by atoms with Crippen molar-refractivity contribution in [3.05, 3.63) is 221 Å². The Bertz CT molecular complexity index is 3110. The minimum absolute atomic E-state index is 0.267. The van der Waals surface area contributed by atoms with Crippen LogP contribution in [0.3, 0.4) is 0 Å². The van der Waals surface area contributed by atoms with Crippen molar-refractivity contribution in [2.75, 3.05) is 0 Å². The quantitative estimate of drug-likeness (QED) is 0.179. The van der Waals surface area contributed by atoms with Gasteiger partial charge in [-0.2, -0.15) is 0 Å². The summed E-state index contributed by atoms with van der Waals surface area (Å²) in [6.07, 6.45) is 0. The summed E-state index contributed by atoms with van der Waals surface area (Å²) in [6, 6.07) is 67.0. The van der Waals surface area contributed by atoms with Crippen LogP contribution in [0.4, 0.5) is 0 Å². The van der Waals surface area contributed by atoms with Gasteiger partial charge in [-0.3, -0.25) is 0 Å². The summed E-state index contributed by atoms with van der Waals surface area (Å²) in [5.74, 6) is 3.73. The number of aromatic nitrogens is 3. The topological polar surface area (TPSA) is 47.9 Å². The van der Waals surface area contributed by atoms with Crippen LogP contribution >= 0.6 is 0 Å². The molecule has 0 atom stereocenters. The van der Waals surface area contributed by atoms with E-state index in [4.69, 9.17) is 19.7 Å². The second-order valence-electron chi connectivity index (χ2n) is 16.3. The molecule has 12 rings (SSSR count). The van der Waals surface area contributed by atoms with Gasteiger partial charge in [0.2, 0.25) is 0 Å². The van der Waals surface area contributed by atoms with Gasteiger partial charge in [-0.1, -0.05) is 178 Å². The summed E-state index contributed by atoms with van der Waals surface area (Å²) < 4.78 is 6.92. The van der Waals surface area contributed by atoms with Gasteiger partial charge in [0.25, 0.3) is 0 Å². The summed E-state index contributed by atoms with van der Waals surface area (Å²) in [5, 5.41) is 0. The Labute approximate surface area is 343 Å². The molecule has 278 valence electrons. The number of hydrogen-bond acceptors (Lipinski definition) is 4. The second kappa shape index (κ2) is 12.5. The Hall–Kier alpha value is -7.43. The van der Waals surface area contributed by atoms with Crippen LogP contribution in [0.15, 0.2) is 188 Å². The largest absolute Gasteiger partial charge is 0.457 e. The molecule has 0 N–H and O–H groups in total. The molecular weight excluding hydrogens is 719 g/mol. The van der Waals surface area contributed by atoms with Gasteiger partial charge in [0.05, 0.1) is 5.41 Å². The van der Waals surface area contributed by atoms with E-state index in [-0.39, 0.29) is 5.41 Å². The molecule has 1 aliphatic heterocycles. The van der Waals surface area contributed by atoms with E-state index >= 15 is 0 Å². The zero-order chi connectivity index (χ0) is 39.3. The summed E-state index contributed by atoms with van der Waals surface area (Å²) >= 11 is 0. The van der Waals surface area contributed by atoms with Gasteiger partial charge in [-0.25, -0.2) is 15.0 Å². The number of hydrogen-bond donors (Lipinski definition) is 0. The van der Waals surface area contributed by atoms with E-state index in [1.807, 2.05) is 24.3 Å². The summed E-state index contributed by atoms with van der Waals surface area (Å²) in [4.78, 5) is 15.4. The average molecular weight is 756 g/mol. The van der Waals surface area contributed by atoms with E-state index in [9.17, 15) is 0 Å². The van der Waals surface area contributed by atoms with Crippen LogP contribution in [-0.4, -0.2) is 15.0 Å². The Balaban J connectivity index is 1.05. The van der Waals surface area contributed by atoms with Gasteiger partial charge in [0.1, 0.15) is 11.5 Å². The predicted molar refractivity (Wildman–Crippen MR) is 237 cm³/mol. The monoisotopic (exact) mass is 755 g/mol. The van der Waals surface area contributed by atoms with Crippen LogP contribution in [0.25, 0.3) is 67.5 Å². The van der Waals surface area contributed by atoms with Crippen LogP contribution in [-0.2, 0) is 10.8 Å². The maximum Gasteiger partial charge on any atom is 0.164 e. The van der Waals surface area contributed by atoms with Crippen molar-refractivity contribution in [3.8, 4) is 79.0 Å². The number of nitrogens with zero attached hydrogens (tertiary/aromatic N) is 3. The highest BCUT2D eigenvalue weighted by Gasteiger charge is 2.52. The van der Waals surface area contributed by atoms with E-state index in [0.717, 1.165) is 39.3 Å². The molecule has 9 aromatic rings. The summed E-state index contributed by atoms with van der Waals surface area (Å²) in [6.45, 7) is 4.65. The fourth-order valence-corrected chi connectivity index (χ4v) is 10.0. The van der Waals surface area contributed by atoms with E-state index in [1.54, 1.807) is 0 Å². The molecule has 3 aliphatic rings. The molecule has 0 saturated heterocycles. The number of rotatable bonds is 4. The number of fused-ring (bicyclic) bond motifs is 12. The Morgan fingerprint density at radius 1 is 0.322 bits per heavy atom. The van der Waals surface area contributed by atoms with E-state index in [2.05, 4.69) is 178 Å². The van der Waals surface area contributed by atoms with Crippen molar-refractivity contribution in [1.29, 1.82) is 0 Å². The van der Waals surface area contributed by atoms with E-state index in [1.165, 1.54) is 55.6 Å². The van der Waals surface area contributed by atoms with Crippen molar-refractivity contribution in [3.63, 3.8) is 0 Å². The molecule has 0 unspecified atom stereocenters. The van der Waals surface area contributed by atoms with Gasteiger partial charge in [-0.05, 0) is 79.9 Å². The number of benzene rings is 8. The zero-order valence-corrected chi connectivity index (χ0v) is 32.6. The Morgan fingerprint density at radius 2 is 0.797 bits per heavy atom. The van der Waals surface area contributed by atoms with E-state index in [0.29, 0.717) is 17.5 Å². The first kappa shape index (κ1) is 33.7. The van der Waals surface area contributed by atoms with Crippen LogP contribution in [0, 0.1) is 0 Å². The zero-order valence-electron chi connectivity index (χ0n) is 32.6. The lowest BCUT2D eigenvalue weighted by molar-refractivity contribution is 0.435. The fraction of sp³-hybridized carbons (Fsp3) is 0.0727. The van der Waals surface area contributed by atoms with Gasteiger partial charge in [-0.15, -0.1) is 0 Å². The molecule has 0 amide bonds. The highest BCUT2D eigenvalue weighted by molar-refractivity contribution is 5.91. The maximum atomic E-state index is 6.92. The third-order valence-corrected chi connectivity index (χ3v) is 12.8. The first-order valence-corrected chi connectivity index (χ1v) is 20.3. The molecule has 8 aromatic carbocycles. The highest BCUT2D eigenvalue weighted by Crippen LogP contribution is 2.64. The molecule has 4 nitrogen and oxygen atoms in total. The lowest BCUT2D eigenvalue weighted by Crippen LogP contribution is -2.32. The molecule has 1 aromatic heterocycles.